The Kier molecular flexibility index (Phi) is 9.29. The standard InChI is InChI=1S/C16H13F17N2S3/c1-9(17,18)12(23,24)13(25,26)10(19,20)2-4-34-6(36)7(37)35(8(34)38)5-3-11(21,22)14(27,28)15(29,30)16(31,32)33/h36-37H,2-5H2,1H3. The molecule has 0 spiro atoms. The van der Waals surface area contributed by atoms with Crippen molar-refractivity contribution in [3.8, 4) is 0 Å². The molecule has 0 unspecified atom stereocenters. The molecule has 0 saturated heterocycles. The molecule has 0 bridgehead atoms. The highest BCUT2D eigenvalue weighted by atomic mass is 32.1. The molecule has 38 heavy (non-hydrogen) atoms. The van der Waals surface area contributed by atoms with Crippen molar-refractivity contribution in [3.05, 3.63) is 4.77 Å². The van der Waals surface area contributed by atoms with Gasteiger partial charge in [0, 0.05) is 32.9 Å². The Morgan fingerprint density at radius 3 is 1.11 bits per heavy atom. The molecule has 22 heteroatoms. The van der Waals surface area contributed by atoms with Gasteiger partial charge in [-0.1, -0.05) is 0 Å². The fourth-order valence-corrected chi connectivity index (χ4v) is 3.83. The van der Waals surface area contributed by atoms with E-state index in [1.54, 1.807) is 0 Å². The van der Waals surface area contributed by atoms with Crippen molar-refractivity contribution >= 4 is 37.5 Å². The first kappa shape index (κ1) is 35.0. The third-order valence-corrected chi connectivity index (χ3v) is 6.61. The largest absolute Gasteiger partial charge is 0.460 e. The molecule has 1 aromatic heterocycles. The molecule has 1 heterocycles. The van der Waals surface area contributed by atoms with Crippen LogP contribution in [0.4, 0.5) is 74.6 Å². The van der Waals surface area contributed by atoms with Crippen LogP contribution >= 0.6 is 37.5 Å². The van der Waals surface area contributed by atoms with Gasteiger partial charge in [-0.3, -0.25) is 0 Å². The third-order valence-electron chi connectivity index (χ3n) is 5.09. The minimum absolute atomic E-state index is 0.168. The van der Waals surface area contributed by atoms with Gasteiger partial charge in [-0.15, -0.1) is 25.3 Å². The second-order valence-electron chi connectivity index (χ2n) is 7.83. The van der Waals surface area contributed by atoms with Gasteiger partial charge in [-0.2, -0.15) is 74.6 Å². The molecular weight excluding hydrogens is 639 g/mol. The van der Waals surface area contributed by atoms with Crippen LogP contribution in [0.2, 0.25) is 0 Å². The lowest BCUT2D eigenvalue weighted by molar-refractivity contribution is -0.397. The summed E-state index contributed by atoms with van der Waals surface area (Å²) in [7, 11) is 0. The van der Waals surface area contributed by atoms with Gasteiger partial charge in [0.2, 0.25) is 0 Å². The molecule has 1 rings (SSSR count). The summed E-state index contributed by atoms with van der Waals surface area (Å²) >= 11 is 11.8. The lowest BCUT2D eigenvalue weighted by Gasteiger charge is -2.35. The number of thiol groups is 2. The highest BCUT2D eigenvalue weighted by Gasteiger charge is 2.81. The Balaban J connectivity index is 3.27. The number of aromatic nitrogens is 2. The lowest BCUT2D eigenvalue weighted by atomic mass is 9.97. The van der Waals surface area contributed by atoms with E-state index in [2.05, 4.69) is 37.5 Å². The molecule has 0 N–H and O–H groups in total. The van der Waals surface area contributed by atoms with E-state index < -0.39 is 95.3 Å². The lowest BCUT2D eigenvalue weighted by Crippen LogP contribution is -2.61. The van der Waals surface area contributed by atoms with Crippen LogP contribution < -0.4 is 0 Å². The van der Waals surface area contributed by atoms with Crippen molar-refractivity contribution in [2.45, 2.75) is 90.5 Å². The highest BCUT2D eigenvalue weighted by Crippen LogP contribution is 2.55. The van der Waals surface area contributed by atoms with Gasteiger partial charge in [0.1, 0.15) is 10.1 Å². The van der Waals surface area contributed by atoms with E-state index in [4.69, 9.17) is 0 Å². The summed E-state index contributed by atoms with van der Waals surface area (Å²) in [4.78, 5) is 0. The fraction of sp³-hybridized carbons (Fsp3) is 0.812. The number of alkyl halides is 17. The number of nitrogens with zero attached hydrogens (tertiary/aromatic N) is 2. The minimum Gasteiger partial charge on any atom is -0.311 e. The number of hydrogen-bond acceptors (Lipinski definition) is 3. The van der Waals surface area contributed by atoms with Crippen molar-refractivity contribution < 1.29 is 74.6 Å². The molecule has 0 aliphatic heterocycles. The predicted molar refractivity (Wildman–Crippen MR) is 103 cm³/mol. The van der Waals surface area contributed by atoms with Crippen LogP contribution in [0, 0.1) is 4.77 Å². The topological polar surface area (TPSA) is 9.86 Å². The van der Waals surface area contributed by atoms with Crippen molar-refractivity contribution in [2.75, 3.05) is 0 Å². The van der Waals surface area contributed by atoms with Crippen LogP contribution in [0.1, 0.15) is 19.8 Å². The van der Waals surface area contributed by atoms with Gasteiger partial charge >= 0.3 is 47.6 Å². The molecule has 0 radical (unpaired) electrons. The van der Waals surface area contributed by atoms with Crippen LogP contribution in [-0.2, 0) is 13.1 Å². The van der Waals surface area contributed by atoms with E-state index in [-0.39, 0.29) is 9.13 Å². The maximum absolute atomic E-state index is 13.9. The summed E-state index contributed by atoms with van der Waals surface area (Å²) < 4.78 is 224. The van der Waals surface area contributed by atoms with Crippen molar-refractivity contribution in [3.63, 3.8) is 0 Å². The number of imidazole rings is 1. The van der Waals surface area contributed by atoms with E-state index in [0.29, 0.717) is 0 Å². The quantitative estimate of drug-likeness (QED) is 0.139. The van der Waals surface area contributed by atoms with Crippen LogP contribution in [-0.4, -0.2) is 56.8 Å². The van der Waals surface area contributed by atoms with Crippen LogP contribution in [0.5, 0.6) is 0 Å². The van der Waals surface area contributed by atoms with Gasteiger partial charge in [0.15, 0.2) is 4.77 Å². The molecule has 0 aliphatic carbocycles. The molecule has 0 saturated carbocycles. The Hall–Kier alpha value is -1.06. The molecule has 0 aromatic carbocycles. The number of halogens is 17. The zero-order valence-electron chi connectivity index (χ0n) is 18.0. The fourth-order valence-electron chi connectivity index (χ4n) is 2.70. The minimum atomic E-state index is -7.20. The van der Waals surface area contributed by atoms with E-state index >= 15 is 0 Å². The van der Waals surface area contributed by atoms with Crippen molar-refractivity contribution in [2.24, 2.45) is 0 Å². The molecule has 0 aliphatic rings. The second kappa shape index (κ2) is 10.1. The molecule has 1 aromatic rings. The van der Waals surface area contributed by atoms with Crippen LogP contribution in [0.3, 0.4) is 0 Å². The average Bonchev–Trinajstić information content (AvgIpc) is 2.90. The Morgan fingerprint density at radius 2 is 0.842 bits per heavy atom. The summed E-state index contributed by atoms with van der Waals surface area (Å²) in [5, 5.41) is -1.60. The molecule has 2 nitrogen and oxygen atoms in total. The molecule has 0 atom stereocenters. The van der Waals surface area contributed by atoms with Crippen molar-refractivity contribution in [1.29, 1.82) is 0 Å². The summed E-state index contributed by atoms with van der Waals surface area (Å²) in [6.07, 6.45) is -12.0. The summed E-state index contributed by atoms with van der Waals surface area (Å²) in [6.45, 7) is -3.96. The molecule has 224 valence electrons. The Bertz CT molecular complexity index is 984. The summed E-state index contributed by atoms with van der Waals surface area (Å²) in [5.41, 5.74) is 0. The summed E-state index contributed by atoms with van der Waals surface area (Å²) in [6, 6.07) is 0. The van der Waals surface area contributed by atoms with E-state index in [1.807, 2.05) is 0 Å². The van der Waals surface area contributed by atoms with E-state index in [1.165, 1.54) is 0 Å². The number of hydrogen-bond donors (Lipinski definition) is 2. The smallest absolute Gasteiger partial charge is 0.311 e. The number of rotatable bonds is 11. The maximum atomic E-state index is 13.9. The molecular formula is C16H13F17N2S3. The van der Waals surface area contributed by atoms with Gasteiger partial charge in [-0.25, -0.2) is 0 Å². The van der Waals surface area contributed by atoms with E-state index in [9.17, 15) is 74.6 Å². The maximum Gasteiger partial charge on any atom is 0.460 e. The van der Waals surface area contributed by atoms with E-state index in [0.717, 1.165) is 0 Å². The zero-order chi connectivity index (χ0) is 30.7. The first-order valence-electron chi connectivity index (χ1n) is 9.35. The van der Waals surface area contributed by atoms with Gasteiger partial charge in [0.25, 0.3) is 0 Å². The monoisotopic (exact) mass is 652 g/mol. The van der Waals surface area contributed by atoms with Crippen LogP contribution in [0.15, 0.2) is 10.1 Å². The normalized spacial score (nSPS) is 15.4. The third kappa shape index (κ3) is 5.58. The zero-order valence-corrected chi connectivity index (χ0v) is 20.6. The second-order valence-corrected chi connectivity index (χ2v) is 9.04. The van der Waals surface area contributed by atoms with Crippen LogP contribution in [0.25, 0.3) is 0 Å². The van der Waals surface area contributed by atoms with Gasteiger partial charge < -0.3 is 9.13 Å². The molecule has 0 amide bonds. The Morgan fingerprint density at radius 1 is 0.553 bits per heavy atom. The highest BCUT2D eigenvalue weighted by molar-refractivity contribution is 7.83. The Labute approximate surface area is 217 Å². The van der Waals surface area contributed by atoms with Crippen molar-refractivity contribution in [1.82, 2.24) is 9.13 Å². The van der Waals surface area contributed by atoms with Gasteiger partial charge in [0.05, 0.1) is 0 Å². The summed E-state index contributed by atoms with van der Waals surface area (Å²) in [5.74, 6) is -45.0. The predicted octanol–water partition coefficient (Wildman–Crippen LogP) is 8.41. The first-order chi connectivity index (χ1) is 16.4. The first-order valence-corrected chi connectivity index (χ1v) is 10.7. The van der Waals surface area contributed by atoms with Gasteiger partial charge in [-0.05, 0) is 12.2 Å². The average molecular weight is 652 g/mol. The SMILES string of the molecule is CC(F)(F)C(F)(F)C(F)(F)C(F)(F)CCn1c(S)c(S)n(CCC(F)(F)C(F)(F)C(F)(F)C(F)(F)F)c1=S. The molecule has 0 fully saturated rings.